The van der Waals surface area contributed by atoms with Crippen LogP contribution >= 0.6 is 0 Å². The van der Waals surface area contributed by atoms with Crippen molar-refractivity contribution in [1.29, 1.82) is 0 Å². The van der Waals surface area contributed by atoms with Crippen LogP contribution in [0.4, 0.5) is 0 Å². The van der Waals surface area contributed by atoms with Crippen LogP contribution in [0.25, 0.3) is 5.69 Å². The molecule has 128 valence electrons. The lowest BCUT2D eigenvalue weighted by Crippen LogP contribution is -2.25. The van der Waals surface area contributed by atoms with Crippen LogP contribution in [0.15, 0.2) is 60.9 Å². The number of nitrogens with zero attached hydrogens (tertiary/aromatic N) is 2. The molecule has 5 nitrogen and oxygen atoms in total. The van der Waals surface area contributed by atoms with E-state index < -0.39 is 0 Å². The molecule has 1 amide bonds. The fourth-order valence-corrected chi connectivity index (χ4v) is 2.64. The van der Waals surface area contributed by atoms with Gasteiger partial charge in [0.05, 0.1) is 11.3 Å². The van der Waals surface area contributed by atoms with Gasteiger partial charge in [0.15, 0.2) is 0 Å². The van der Waals surface area contributed by atoms with Crippen molar-refractivity contribution in [2.75, 3.05) is 6.54 Å². The van der Waals surface area contributed by atoms with Gasteiger partial charge in [-0.3, -0.25) is 4.79 Å². The van der Waals surface area contributed by atoms with E-state index in [1.165, 1.54) is 0 Å². The van der Waals surface area contributed by atoms with Gasteiger partial charge in [-0.25, -0.2) is 4.68 Å². The summed E-state index contributed by atoms with van der Waals surface area (Å²) in [5.74, 6) is -0.237. The zero-order valence-electron chi connectivity index (χ0n) is 14.1. The standard InChI is InChI=1S/C20H21N3O2/c1-2-15-6-9-19(24)18(14-15)20(25)21-12-10-16-4-7-17(8-5-16)23-13-3-11-22-23/h3-9,11,13-14,24H,2,10,12H2,1H3,(H,21,25). The molecule has 3 rings (SSSR count). The summed E-state index contributed by atoms with van der Waals surface area (Å²) in [7, 11) is 0. The molecule has 1 heterocycles. The molecule has 25 heavy (non-hydrogen) atoms. The second-order valence-corrected chi connectivity index (χ2v) is 5.83. The number of phenolic OH excluding ortho intramolecular Hbond substituents is 1. The Morgan fingerprint density at radius 2 is 1.92 bits per heavy atom. The smallest absolute Gasteiger partial charge is 0.255 e. The summed E-state index contributed by atoms with van der Waals surface area (Å²) in [6, 6.07) is 15.1. The van der Waals surface area contributed by atoms with Gasteiger partial charge in [-0.05, 0) is 54.3 Å². The molecule has 3 aromatic rings. The fraction of sp³-hybridized carbons (Fsp3) is 0.200. The number of hydrogen-bond acceptors (Lipinski definition) is 3. The van der Waals surface area contributed by atoms with Gasteiger partial charge >= 0.3 is 0 Å². The van der Waals surface area contributed by atoms with E-state index in [0.717, 1.165) is 29.7 Å². The number of amides is 1. The topological polar surface area (TPSA) is 67.2 Å². The van der Waals surface area contributed by atoms with Crippen LogP contribution in [0.3, 0.4) is 0 Å². The third-order valence-corrected chi connectivity index (χ3v) is 4.12. The zero-order chi connectivity index (χ0) is 17.6. The molecule has 2 N–H and O–H groups in total. The first-order valence-corrected chi connectivity index (χ1v) is 8.36. The molecular formula is C20H21N3O2. The number of aromatic hydroxyl groups is 1. The van der Waals surface area contributed by atoms with Crippen LogP contribution in [0.5, 0.6) is 5.75 Å². The molecule has 5 heteroatoms. The predicted octanol–water partition coefficient (Wildman–Crippen LogP) is 3.11. The first-order chi connectivity index (χ1) is 12.2. The molecular weight excluding hydrogens is 314 g/mol. The maximum atomic E-state index is 12.3. The minimum atomic E-state index is -0.249. The van der Waals surface area contributed by atoms with Crippen LogP contribution in [0.1, 0.15) is 28.4 Å². The maximum absolute atomic E-state index is 12.3. The van der Waals surface area contributed by atoms with Crippen molar-refractivity contribution in [3.8, 4) is 11.4 Å². The van der Waals surface area contributed by atoms with Crippen LogP contribution in [0.2, 0.25) is 0 Å². The van der Waals surface area contributed by atoms with Crippen LogP contribution in [-0.4, -0.2) is 27.3 Å². The van der Waals surface area contributed by atoms with Gasteiger partial charge in [0.2, 0.25) is 0 Å². The van der Waals surface area contributed by atoms with E-state index in [1.54, 1.807) is 23.0 Å². The number of aromatic nitrogens is 2. The van der Waals surface area contributed by atoms with Gasteiger partial charge in [-0.1, -0.05) is 25.1 Å². The molecule has 2 aromatic carbocycles. The lowest BCUT2D eigenvalue weighted by molar-refractivity contribution is 0.0951. The second-order valence-electron chi connectivity index (χ2n) is 5.83. The first kappa shape index (κ1) is 16.8. The predicted molar refractivity (Wildman–Crippen MR) is 97.1 cm³/mol. The van der Waals surface area contributed by atoms with Crippen LogP contribution in [-0.2, 0) is 12.8 Å². The molecule has 0 unspecified atom stereocenters. The highest BCUT2D eigenvalue weighted by atomic mass is 16.3. The highest BCUT2D eigenvalue weighted by molar-refractivity contribution is 5.97. The number of phenols is 1. The molecule has 0 saturated carbocycles. The van der Waals surface area contributed by atoms with Crippen molar-refractivity contribution >= 4 is 5.91 Å². The summed E-state index contributed by atoms with van der Waals surface area (Å²) in [6.07, 6.45) is 5.18. The minimum absolute atomic E-state index is 0.0123. The Labute approximate surface area is 146 Å². The summed E-state index contributed by atoms with van der Waals surface area (Å²) in [4.78, 5) is 12.3. The first-order valence-electron chi connectivity index (χ1n) is 8.36. The lowest BCUT2D eigenvalue weighted by atomic mass is 10.1. The molecule has 1 aromatic heterocycles. The number of carbonyl (C=O) groups excluding carboxylic acids is 1. The Bertz CT molecular complexity index is 840. The van der Waals surface area contributed by atoms with Crippen molar-refractivity contribution in [3.63, 3.8) is 0 Å². The summed E-state index contributed by atoms with van der Waals surface area (Å²) in [5, 5.41) is 16.9. The number of nitrogens with one attached hydrogen (secondary N) is 1. The van der Waals surface area contributed by atoms with Crippen molar-refractivity contribution in [2.24, 2.45) is 0 Å². The third kappa shape index (κ3) is 4.07. The number of carbonyl (C=O) groups is 1. The quantitative estimate of drug-likeness (QED) is 0.727. The molecule has 0 saturated heterocycles. The second kappa shape index (κ2) is 7.66. The van der Waals surface area contributed by atoms with Gasteiger partial charge in [0, 0.05) is 18.9 Å². The lowest BCUT2D eigenvalue weighted by Gasteiger charge is -2.09. The highest BCUT2D eigenvalue weighted by Gasteiger charge is 2.11. The van der Waals surface area contributed by atoms with E-state index in [9.17, 15) is 9.90 Å². The van der Waals surface area contributed by atoms with Crippen LogP contribution < -0.4 is 5.32 Å². The average Bonchev–Trinajstić information content (AvgIpc) is 3.17. The Hall–Kier alpha value is -3.08. The molecule has 0 atom stereocenters. The van der Waals surface area contributed by atoms with E-state index in [1.807, 2.05) is 49.5 Å². The molecule has 0 aliphatic heterocycles. The maximum Gasteiger partial charge on any atom is 0.255 e. The number of rotatable bonds is 6. The summed E-state index contributed by atoms with van der Waals surface area (Å²) in [6.45, 7) is 2.52. The van der Waals surface area contributed by atoms with Crippen molar-refractivity contribution in [2.45, 2.75) is 19.8 Å². The molecule has 0 aliphatic rings. The largest absolute Gasteiger partial charge is 0.507 e. The van der Waals surface area contributed by atoms with E-state index >= 15 is 0 Å². The average molecular weight is 335 g/mol. The Kier molecular flexibility index (Phi) is 5.14. The van der Waals surface area contributed by atoms with E-state index in [2.05, 4.69) is 10.4 Å². The fourth-order valence-electron chi connectivity index (χ4n) is 2.64. The molecule has 0 radical (unpaired) electrons. The monoisotopic (exact) mass is 335 g/mol. The Morgan fingerprint density at radius 1 is 1.16 bits per heavy atom. The minimum Gasteiger partial charge on any atom is -0.507 e. The van der Waals surface area contributed by atoms with Gasteiger partial charge in [0.25, 0.3) is 5.91 Å². The van der Waals surface area contributed by atoms with E-state index in [4.69, 9.17) is 0 Å². The Morgan fingerprint density at radius 3 is 2.60 bits per heavy atom. The number of aryl methyl sites for hydroxylation is 1. The molecule has 0 aliphatic carbocycles. The van der Waals surface area contributed by atoms with E-state index in [0.29, 0.717) is 12.1 Å². The van der Waals surface area contributed by atoms with Gasteiger partial charge in [0.1, 0.15) is 5.75 Å². The molecule has 0 spiro atoms. The van der Waals surface area contributed by atoms with Gasteiger partial charge in [-0.2, -0.15) is 5.10 Å². The zero-order valence-corrected chi connectivity index (χ0v) is 14.1. The third-order valence-electron chi connectivity index (χ3n) is 4.12. The van der Waals surface area contributed by atoms with Crippen LogP contribution in [0, 0.1) is 0 Å². The number of hydrogen-bond donors (Lipinski definition) is 2. The highest BCUT2D eigenvalue weighted by Crippen LogP contribution is 2.18. The van der Waals surface area contributed by atoms with Gasteiger partial charge in [-0.15, -0.1) is 0 Å². The van der Waals surface area contributed by atoms with Gasteiger partial charge < -0.3 is 10.4 Å². The summed E-state index contributed by atoms with van der Waals surface area (Å²) < 4.78 is 1.80. The molecule has 0 bridgehead atoms. The number of benzene rings is 2. The molecule has 0 fully saturated rings. The normalized spacial score (nSPS) is 10.6. The summed E-state index contributed by atoms with van der Waals surface area (Å²) >= 11 is 0. The van der Waals surface area contributed by atoms with Crippen molar-refractivity contribution in [3.05, 3.63) is 77.6 Å². The SMILES string of the molecule is CCc1ccc(O)c(C(=O)NCCc2ccc(-n3cccn3)cc2)c1. The van der Waals surface area contributed by atoms with E-state index in [-0.39, 0.29) is 11.7 Å². The Balaban J connectivity index is 1.57. The van der Waals surface area contributed by atoms with Crippen molar-refractivity contribution < 1.29 is 9.90 Å². The summed E-state index contributed by atoms with van der Waals surface area (Å²) in [5.41, 5.74) is 3.48. The van der Waals surface area contributed by atoms with Crippen molar-refractivity contribution in [1.82, 2.24) is 15.1 Å².